The van der Waals surface area contributed by atoms with Crippen LogP contribution in [-0.4, -0.2) is 24.5 Å². The van der Waals surface area contributed by atoms with Gasteiger partial charge in [-0.05, 0) is 58.5 Å². The van der Waals surface area contributed by atoms with Crippen molar-refractivity contribution in [1.29, 1.82) is 0 Å². The molecule has 0 aromatic heterocycles. The van der Waals surface area contributed by atoms with Gasteiger partial charge >= 0.3 is 0 Å². The second-order valence-electron chi connectivity index (χ2n) is 4.25. The van der Waals surface area contributed by atoms with E-state index in [4.69, 9.17) is 0 Å². The predicted octanol–water partition coefficient (Wildman–Crippen LogP) is 3.49. The fourth-order valence-corrected chi connectivity index (χ4v) is 2.87. The Bertz CT molecular complexity index is 395. The quantitative estimate of drug-likeness (QED) is 0.901. The first kappa shape index (κ1) is 14.6. The van der Waals surface area contributed by atoms with Crippen molar-refractivity contribution in [2.75, 3.05) is 18.6 Å². The van der Waals surface area contributed by atoms with Crippen LogP contribution < -0.4 is 5.32 Å². The van der Waals surface area contributed by atoms with Gasteiger partial charge in [0.1, 0.15) is 0 Å². The fraction of sp³-hybridized carbons (Fsp3) is 0.462. The topological polar surface area (TPSA) is 29.1 Å². The molecule has 1 aromatic rings. The average molecular weight is 316 g/mol. The first-order valence-electron chi connectivity index (χ1n) is 5.58. The zero-order chi connectivity index (χ0) is 12.8. The summed E-state index contributed by atoms with van der Waals surface area (Å²) >= 11 is 5.22. The van der Waals surface area contributed by atoms with E-state index in [0.29, 0.717) is 11.5 Å². The number of benzene rings is 1. The summed E-state index contributed by atoms with van der Waals surface area (Å²) in [5.74, 6) is 1.55. The van der Waals surface area contributed by atoms with Crippen LogP contribution in [0.3, 0.4) is 0 Å². The normalized spacial score (nSPS) is 12.2. The van der Waals surface area contributed by atoms with Crippen LogP contribution in [-0.2, 0) is 0 Å². The minimum atomic E-state index is -0.00942. The monoisotopic (exact) mass is 315 g/mol. The highest BCUT2D eigenvalue weighted by atomic mass is 79.9. The lowest BCUT2D eigenvalue weighted by molar-refractivity contribution is 0.0948. The Kier molecular flexibility index (Phi) is 6.06. The maximum atomic E-state index is 11.9. The van der Waals surface area contributed by atoms with Crippen molar-refractivity contribution < 1.29 is 4.79 Å². The molecule has 1 aromatic carbocycles. The Labute approximate surface area is 116 Å². The van der Waals surface area contributed by atoms with E-state index in [2.05, 4.69) is 34.4 Å². The highest BCUT2D eigenvalue weighted by Crippen LogP contribution is 2.18. The van der Waals surface area contributed by atoms with E-state index in [1.54, 1.807) is 11.8 Å². The molecule has 0 bridgehead atoms. The molecule has 0 saturated heterocycles. The molecule has 1 atom stereocenters. The van der Waals surface area contributed by atoms with Crippen molar-refractivity contribution in [3.05, 3.63) is 33.8 Å². The van der Waals surface area contributed by atoms with E-state index < -0.39 is 0 Å². The molecule has 0 aliphatic rings. The third-order valence-electron chi connectivity index (χ3n) is 2.43. The number of aryl methyl sites for hydroxylation is 1. The van der Waals surface area contributed by atoms with Gasteiger partial charge in [0, 0.05) is 11.0 Å². The maximum absolute atomic E-state index is 11.9. The second kappa shape index (κ2) is 7.07. The summed E-state index contributed by atoms with van der Waals surface area (Å²) in [6.07, 6.45) is 2.08. The van der Waals surface area contributed by atoms with Crippen LogP contribution in [0.4, 0.5) is 0 Å². The van der Waals surface area contributed by atoms with E-state index in [9.17, 15) is 4.79 Å². The van der Waals surface area contributed by atoms with Gasteiger partial charge in [-0.2, -0.15) is 11.8 Å². The molecule has 1 rings (SSSR count). The number of rotatable bonds is 5. The molecule has 17 heavy (non-hydrogen) atoms. The number of carbonyl (C=O) groups is 1. The first-order chi connectivity index (χ1) is 8.04. The standard InChI is InChI=1S/C13H18BrNOS/c1-9-4-5-11(12(14)6-9)13(16)15-7-10(2)8-17-3/h4-6,10H,7-8H2,1-3H3,(H,15,16). The van der Waals surface area contributed by atoms with Gasteiger partial charge in [0.05, 0.1) is 5.56 Å². The number of thioether (sulfide) groups is 1. The summed E-state index contributed by atoms with van der Waals surface area (Å²) in [5, 5.41) is 2.96. The number of hydrogen-bond acceptors (Lipinski definition) is 2. The number of nitrogens with one attached hydrogen (secondary N) is 1. The van der Waals surface area contributed by atoms with E-state index >= 15 is 0 Å². The minimum Gasteiger partial charge on any atom is -0.352 e. The molecule has 1 amide bonds. The van der Waals surface area contributed by atoms with Crippen LogP contribution in [0.5, 0.6) is 0 Å². The van der Waals surface area contributed by atoms with Gasteiger partial charge in [-0.1, -0.05) is 13.0 Å². The van der Waals surface area contributed by atoms with Crippen LogP contribution in [0, 0.1) is 12.8 Å². The fourth-order valence-electron chi connectivity index (χ4n) is 1.51. The molecule has 0 spiro atoms. The van der Waals surface area contributed by atoms with Crippen LogP contribution in [0.1, 0.15) is 22.8 Å². The van der Waals surface area contributed by atoms with E-state index in [-0.39, 0.29) is 5.91 Å². The van der Waals surface area contributed by atoms with Crippen LogP contribution in [0.25, 0.3) is 0 Å². The van der Waals surface area contributed by atoms with Gasteiger partial charge in [-0.3, -0.25) is 4.79 Å². The van der Waals surface area contributed by atoms with E-state index in [1.165, 1.54) is 0 Å². The number of carbonyl (C=O) groups excluding carboxylic acids is 1. The zero-order valence-corrected chi connectivity index (χ0v) is 12.8. The van der Waals surface area contributed by atoms with Gasteiger partial charge in [0.25, 0.3) is 5.91 Å². The Morgan fingerprint density at radius 2 is 2.24 bits per heavy atom. The molecule has 0 aliphatic heterocycles. The summed E-state index contributed by atoms with van der Waals surface area (Å²) in [6.45, 7) is 4.87. The largest absolute Gasteiger partial charge is 0.352 e. The summed E-state index contributed by atoms with van der Waals surface area (Å²) in [7, 11) is 0. The molecular formula is C13H18BrNOS. The van der Waals surface area contributed by atoms with Gasteiger partial charge < -0.3 is 5.32 Å². The number of amides is 1. The van der Waals surface area contributed by atoms with Crippen molar-refractivity contribution >= 4 is 33.6 Å². The van der Waals surface area contributed by atoms with Gasteiger partial charge in [0.2, 0.25) is 0 Å². The average Bonchev–Trinajstić information content (AvgIpc) is 2.26. The molecular weight excluding hydrogens is 298 g/mol. The zero-order valence-electron chi connectivity index (χ0n) is 10.4. The third kappa shape index (κ3) is 4.72. The van der Waals surface area contributed by atoms with Gasteiger partial charge in [-0.25, -0.2) is 0 Å². The molecule has 2 nitrogen and oxygen atoms in total. The van der Waals surface area contributed by atoms with Crippen LogP contribution in [0.2, 0.25) is 0 Å². The third-order valence-corrected chi connectivity index (χ3v) is 3.99. The molecule has 1 N–H and O–H groups in total. The maximum Gasteiger partial charge on any atom is 0.252 e. The first-order valence-corrected chi connectivity index (χ1v) is 7.76. The molecule has 0 radical (unpaired) electrons. The molecule has 0 fully saturated rings. The predicted molar refractivity (Wildman–Crippen MR) is 78.8 cm³/mol. The van der Waals surface area contributed by atoms with Crippen LogP contribution in [0.15, 0.2) is 22.7 Å². The second-order valence-corrected chi connectivity index (χ2v) is 6.02. The Balaban J connectivity index is 2.58. The van der Waals surface area contributed by atoms with Crippen molar-refractivity contribution in [2.24, 2.45) is 5.92 Å². The molecule has 94 valence electrons. The Hall–Kier alpha value is -0.480. The van der Waals surface area contributed by atoms with Crippen LogP contribution >= 0.6 is 27.7 Å². The molecule has 0 saturated carbocycles. The highest BCUT2D eigenvalue weighted by Gasteiger charge is 2.10. The molecule has 0 heterocycles. The Morgan fingerprint density at radius 1 is 1.53 bits per heavy atom. The lowest BCUT2D eigenvalue weighted by atomic mass is 10.1. The summed E-state index contributed by atoms with van der Waals surface area (Å²) in [5.41, 5.74) is 1.84. The van der Waals surface area contributed by atoms with E-state index in [0.717, 1.165) is 22.3 Å². The van der Waals surface area contributed by atoms with Gasteiger partial charge in [0.15, 0.2) is 0 Å². The molecule has 4 heteroatoms. The smallest absolute Gasteiger partial charge is 0.252 e. The van der Waals surface area contributed by atoms with Crippen molar-refractivity contribution in [3.8, 4) is 0 Å². The highest BCUT2D eigenvalue weighted by molar-refractivity contribution is 9.10. The summed E-state index contributed by atoms with van der Waals surface area (Å²) in [4.78, 5) is 11.9. The number of hydrogen-bond donors (Lipinski definition) is 1. The van der Waals surface area contributed by atoms with E-state index in [1.807, 2.05) is 25.1 Å². The summed E-state index contributed by atoms with van der Waals surface area (Å²) < 4.78 is 0.854. The SMILES string of the molecule is CSCC(C)CNC(=O)c1ccc(C)cc1Br. The van der Waals surface area contributed by atoms with Crippen molar-refractivity contribution in [1.82, 2.24) is 5.32 Å². The molecule has 1 unspecified atom stereocenters. The van der Waals surface area contributed by atoms with Crippen molar-refractivity contribution in [2.45, 2.75) is 13.8 Å². The van der Waals surface area contributed by atoms with Gasteiger partial charge in [-0.15, -0.1) is 0 Å². The Morgan fingerprint density at radius 3 is 2.82 bits per heavy atom. The minimum absolute atomic E-state index is 0.00942. The summed E-state index contributed by atoms with van der Waals surface area (Å²) in [6, 6.07) is 5.76. The van der Waals surface area contributed by atoms with Crippen molar-refractivity contribution in [3.63, 3.8) is 0 Å². The lowest BCUT2D eigenvalue weighted by Crippen LogP contribution is -2.29. The number of halogens is 1. The molecule has 0 aliphatic carbocycles. The lowest BCUT2D eigenvalue weighted by Gasteiger charge is -2.12.